The number of hydrogen-bond donors (Lipinski definition) is 2. The molecule has 2 heterocycles. The monoisotopic (exact) mass is 594 g/mol. The normalized spacial score (nSPS) is 11.7. The zero-order valence-electron chi connectivity index (χ0n) is 21.8. The van der Waals surface area contributed by atoms with E-state index in [1.165, 1.54) is 0 Å². The molecule has 5 heteroatoms. The zero-order valence-corrected chi connectivity index (χ0v) is 23.4. The molecule has 0 saturated carbocycles. The number of aromatic nitrogens is 2. The molecule has 0 amide bonds. The van der Waals surface area contributed by atoms with Crippen LogP contribution in [-0.2, 0) is 0 Å². The summed E-state index contributed by atoms with van der Waals surface area (Å²) >= 11 is 3.47. The van der Waals surface area contributed by atoms with Gasteiger partial charge >= 0.3 is 0 Å². The summed E-state index contributed by atoms with van der Waals surface area (Å²) in [6, 6.07) is 42.8. The molecule has 8 rings (SSSR count). The standard InChI is InChI=1S/C36H23BrN2O2/c37-30-19-29-26-11-5-7-13-32(26)39(34(29)21-36(30)41)24-16-14-22(15-17-24)27-18-28-25-10-4-6-12-31(25)38(33(28)20-35(27)40)23-8-2-1-3-9-23/h1-21,40-41H. The third-order valence-electron chi connectivity index (χ3n) is 7.98. The summed E-state index contributed by atoms with van der Waals surface area (Å²) in [7, 11) is 0. The minimum Gasteiger partial charge on any atom is -0.507 e. The maximum atomic E-state index is 11.3. The number of halogens is 1. The molecule has 2 aromatic heterocycles. The van der Waals surface area contributed by atoms with Crippen molar-refractivity contribution in [2.24, 2.45) is 0 Å². The highest BCUT2D eigenvalue weighted by molar-refractivity contribution is 9.10. The lowest BCUT2D eigenvalue weighted by Gasteiger charge is -2.12. The van der Waals surface area contributed by atoms with Gasteiger partial charge in [0.15, 0.2) is 0 Å². The van der Waals surface area contributed by atoms with Gasteiger partial charge in [-0.1, -0.05) is 66.7 Å². The Labute approximate surface area is 244 Å². The summed E-state index contributed by atoms with van der Waals surface area (Å²) in [5.41, 5.74) is 7.79. The van der Waals surface area contributed by atoms with E-state index in [2.05, 4.69) is 85.7 Å². The molecule has 0 aliphatic heterocycles. The van der Waals surface area contributed by atoms with Crippen molar-refractivity contribution in [1.29, 1.82) is 0 Å². The average molecular weight is 595 g/mol. The van der Waals surface area contributed by atoms with Crippen molar-refractivity contribution >= 4 is 59.5 Å². The number of para-hydroxylation sites is 3. The van der Waals surface area contributed by atoms with Gasteiger partial charge in [0.1, 0.15) is 11.5 Å². The Morgan fingerprint density at radius 1 is 0.439 bits per heavy atom. The first-order chi connectivity index (χ1) is 20.1. The smallest absolute Gasteiger partial charge is 0.131 e. The molecule has 0 spiro atoms. The molecule has 196 valence electrons. The Morgan fingerprint density at radius 2 is 0.951 bits per heavy atom. The van der Waals surface area contributed by atoms with E-state index in [1.807, 2.05) is 60.7 Å². The fourth-order valence-electron chi connectivity index (χ4n) is 6.14. The first-order valence-electron chi connectivity index (χ1n) is 13.4. The summed E-state index contributed by atoms with van der Waals surface area (Å²) in [5, 5.41) is 26.2. The van der Waals surface area contributed by atoms with Gasteiger partial charge in [0, 0.05) is 50.6 Å². The molecule has 0 aliphatic rings. The summed E-state index contributed by atoms with van der Waals surface area (Å²) in [4.78, 5) is 0. The minimum atomic E-state index is 0.200. The van der Waals surface area contributed by atoms with Crippen molar-refractivity contribution < 1.29 is 10.2 Å². The lowest BCUT2D eigenvalue weighted by Crippen LogP contribution is -1.94. The van der Waals surface area contributed by atoms with Gasteiger partial charge in [-0.05, 0) is 70.0 Å². The second-order valence-electron chi connectivity index (χ2n) is 10.3. The fraction of sp³-hybridized carbons (Fsp3) is 0. The summed E-state index contributed by atoms with van der Waals surface area (Å²) in [5.74, 6) is 0.433. The Hall–Kier alpha value is -5.00. The average Bonchev–Trinajstić information content (AvgIpc) is 3.49. The fourth-order valence-corrected chi connectivity index (χ4v) is 6.48. The largest absolute Gasteiger partial charge is 0.507 e. The van der Waals surface area contributed by atoms with Crippen molar-refractivity contribution in [2.75, 3.05) is 0 Å². The molecule has 0 atom stereocenters. The van der Waals surface area contributed by atoms with Gasteiger partial charge in [-0.25, -0.2) is 0 Å². The highest BCUT2D eigenvalue weighted by Crippen LogP contribution is 2.41. The van der Waals surface area contributed by atoms with Crippen LogP contribution in [0.1, 0.15) is 0 Å². The number of aromatic hydroxyl groups is 2. The maximum absolute atomic E-state index is 11.3. The van der Waals surface area contributed by atoms with Crippen LogP contribution in [0.15, 0.2) is 132 Å². The van der Waals surface area contributed by atoms with E-state index in [-0.39, 0.29) is 11.5 Å². The van der Waals surface area contributed by atoms with Gasteiger partial charge in [-0.2, -0.15) is 0 Å². The van der Waals surface area contributed by atoms with Crippen LogP contribution >= 0.6 is 15.9 Å². The quantitative estimate of drug-likeness (QED) is 0.214. The molecule has 6 aromatic carbocycles. The highest BCUT2D eigenvalue weighted by Gasteiger charge is 2.17. The molecule has 0 aliphatic carbocycles. The lowest BCUT2D eigenvalue weighted by atomic mass is 10.0. The molecule has 41 heavy (non-hydrogen) atoms. The Bertz CT molecular complexity index is 2280. The van der Waals surface area contributed by atoms with Gasteiger partial charge in [-0.15, -0.1) is 0 Å². The van der Waals surface area contributed by atoms with Gasteiger partial charge in [-0.3, -0.25) is 0 Å². The Morgan fingerprint density at radius 3 is 1.59 bits per heavy atom. The number of phenols is 2. The van der Waals surface area contributed by atoms with Gasteiger partial charge in [0.2, 0.25) is 0 Å². The number of fused-ring (bicyclic) bond motifs is 6. The lowest BCUT2D eigenvalue weighted by molar-refractivity contribution is 0.472. The van der Waals surface area contributed by atoms with Crippen LogP contribution in [0.3, 0.4) is 0 Å². The van der Waals surface area contributed by atoms with Crippen molar-refractivity contribution in [1.82, 2.24) is 9.13 Å². The van der Waals surface area contributed by atoms with E-state index in [0.717, 1.165) is 66.1 Å². The van der Waals surface area contributed by atoms with Crippen molar-refractivity contribution in [3.8, 4) is 34.0 Å². The Balaban J connectivity index is 1.30. The van der Waals surface area contributed by atoms with Crippen LogP contribution in [0.25, 0.3) is 66.1 Å². The molecule has 4 nitrogen and oxygen atoms in total. The van der Waals surface area contributed by atoms with Crippen LogP contribution in [0.2, 0.25) is 0 Å². The molecule has 0 fully saturated rings. The third-order valence-corrected chi connectivity index (χ3v) is 8.62. The molecule has 0 radical (unpaired) electrons. The minimum absolute atomic E-state index is 0.200. The second kappa shape index (κ2) is 9.01. The Kier molecular flexibility index (Phi) is 5.24. The van der Waals surface area contributed by atoms with Crippen LogP contribution < -0.4 is 0 Å². The van der Waals surface area contributed by atoms with Crippen molar-refractivity contribution in [3.63, 3.8) is 0 Å². The highest BCUT2D eigenvalue weighted by atomic mass is 79.9. The molecular weight excluding hydrogens is 572 g/mol. The predicted molar refractivity (Wildman–Crippen MR) is 172 cm³/mol. The van der Waals surface area contributed by atoms with Crippen LogP contribution in [0, 0.1) is 0 Å². The molecule has 2 N–H and O–H groups in total. The second-order valence-corrected chi connectivity index (χ2v) is 11.1. The van der Waals surface area contributed by atoms with E-state index in [4.69, 9.17) is 0 Å². The number of rotatable bonds is 3. The first-order valence-corrected chi connectivity index (χ1v) is 14.2. The van der Waals surface area contributed by atoms with Crippen LogP contribution in [-0.4, -0.2) is 19.3 Å². The predicted octanol–water partition coefficient (Wildman–Crippen LogP) is 9.72. The van der Waals surface area contributed by atoms with E-state index >= 15 is 0 Å². The maximum Gasteiger partial charge on any atom is 0.131 e. The zero-order chi connectivity index (χ0) is 27.7. The summed E-state index contributed by atoms with van der Waals surface area (Å²) < 4.78 is 5.03. The van der Waals surface area contributed by atoms with Crippen molar-refractivity contribution in [3.05, 3.63) is 132 Å². The van der Waals surface area contributed by atoms with Crippen molar-refractivity contribution in [2.45, 2.75) is 0 Å². The van der Waals surface area contributed by atoms with E-state index < -0.39 is 0 Å². The topological polar surface area (TPSA) is 50.3 Å². The SMILES string of the molecule is Oc1cc2c(cc1Br)c1ccccc1n2-c1ccc(-c2cc3c4ccccc4n(-c4ccccc4)c3cc2O)cc1. The van der Waals surface area contributed by atoms with Gasteiger partial charge in [0.05, 0.1) is 26.5 Å². The van der Waals surface area contributed by atoms with Crippen LogP contribution in [0.4, 0.5) is 0 Å². The molecular formula is C36H23BrN2O2. The van der Waals surface area contributed by atoms with Gasteiger partial charge in [0.25, 0.3) is 0 Å². The van der Waals surface area contributed by atoms with E-state index in [0.29, 0.717) is 4.47 Å². The van der Waals surface area contributed by atoms with Gasteiger partial charge < -0.3 is 19.3 Å². The molecule has 0 saturated heterocycles. The van der Waals surface area contributed by atoms with Crippen LogP contribution in [0.5, 0.6) is 11.5 Å². The number of hydrogen-bond acceptors (Lipinski definition) is 2. The number of nitrogens with zero attached hydrogens (tertiary/aromatic N) is 2. The third kappa shape index (κ3) is 3.59. The number of phenolic OH excluding ortho intramolecular Hbond substituents is 2. The summed E-state index contributed by atoms with van der Waals surface area (Å²) in [6.07, 6.45) is 0. The van der Waals surface area contributed by atoms with E-state index in [9.17, 15) is 10.2 Å². The first kappa shape index (κ1) is 23.9. The summed E-state index contributed by atoms with van der Waals surface area (Å²) in [6.45, 7) is 0. The van der Waals surface area contributed by atoms with E-state index in [1.54, 1.807) is 6.07 Å². The molecule has 0 unspecified atom stereocenters. The molecule has 8 aromatic rings. The molecule has 0 bridgehead atoms. The number of benzene rings is 6.